The molecule has 0 amide bonds. The zero-order valence-electron chi connectivity index (χ0n) is 29.4. The van der Waals surface area contributed by atoms with E-state index in [4.69, 9.17) is 42.9 Å². The Kier molecular flexibility index (Phi) is 17.7. The molecule has 23 unspecified atom stereocenters. The predicted octanol–water partition coefficient (Wildman–Crippen LogP) is -10.6. The van der Waals surface area contributed by atoms with Crippen molar-refractivity contribution in [3.63, 3.8) is 0 Å². The van der Waals surface area contributed by atoms with Gasteiger partial charge in [0.1, 0.15) is 116 Å². The molecule has 25 nitrogen and oxygen atoms in total. The van der Waals surface area contributed by atoms with Gasteiger partial charge in [-0.15, -0.1) is 0 Å². The first-order valence-electron chi connectivity index (χ1n) is 17.4. The molecule has 0 spiro atoms. The molecule has 0 aromatic rings. The summed E-state index contributed by atoms with van der Waals surface area (Å²) >= 11 is 0. The first-order chi connectivity index (χ1) is 26.0. The van der Waals surface area contributed by atoms with Gasteiger partial charge in [-0.2, -0.15) is 0 Å². The van der Waals surface area contributed by atoms with Crippen molar-refractivity contribution in [1.82, 2.24) is 0 Å². The summed E-state index contributed by atoms with van der Waals surface area (Å²) in [6.07, 6.45) is -40.3. The van der Waals surface area contributed by atoms with Crippen LogP contribution in [0.5, 0.6) is 0 Å². The van der Waals surface area contributed by atoms with Crippen LogP contribution in [0.4, 0.5) is 0 Å². The van der Waals surface area contributed by atoms with Crippen LogP contribution < -0.4 is 0 Å². The minimum absolute atomic E-state index is 0.336. The Labute approximate surface area is 312 Å². The molecule has 0 aromatic heterocycles. The smallest absolute Gasteiger partial charge is 0.187 e. The molecule has 4 rings (SSSR count). The van der Waals surface area contributed by atoms with Gasteiger partial charge in [0.15, 0.2) is 18.9 Å². The third-order valence-electron chi connectivity index (χ3n) is 9.79. The van der Waals surface area contributed by atoms with E-state index in [0.29, 0.717) is 0 Å². The van der Waals surface area contributed by atoms with Crippen molar-refractivity contribution in [2.24, 2.45) is 0 Å². The van der Waals surface area contributed by atoms with Gasteiger partial charge in [0.05, 0.1) is 45.7 Å². The summed E-state index contributed by atoms with van der Waals surface area (Å²) in [5.74, 6) is 0. The van der Waals surface area contributed by atoms with Crippen molar-refractivity contribution in [3.8, 4) is 0 Å². The second-order valence-electron chi connectivity index (χ2n) is 13.6. The summed E-state index contributed by atoms with van der Waals surface area (Å²) < 4.78 is 38.6. The summed E-state index contributed by atoms with van der Waals surface area (Å²) in [4.78, 5) is 9.94. The zero-order chi connectivity index (χ0) is 40.9. The summed E-state index contributed by atoms with van der Waals surface area (Å²) in [7, 11) is 0. The average Bonchev–Trinajstić information content (AvgIpc) is 3.17. The molecule has 0 bridgehead atoms. The summed E-state index contributed by atoms with van der Waals surface area (Å²) in [6, 6.07) is 0. The molecule has 4 saturated heterocycles. The molecule has 0 radical (unpaired) electrons. The Balaban J connectivity index is 1.40. The minimum Gasteiger partial charge on any atom is -0.394 e. The first-order valence-corrected chi connectivity index (χ1v) is 17.4. The first kappa shape index (κ1) is 46.7. The number of aliphatic hydroxyl groups is 16. The van der Waals surface area contributed by atoms with Crippen LogP contribution >= 0.6 is 0 Å². The molecule has 4 aliphatic rings. The lowest BCUT2D eigenvalue weighted by atomic mass is 9.95. The van der Waals surface area contributed by atoms with Gasteiger partial charge < -0.3 is 115 Å². The molecule has 4 fully saturated rings. The second kappa shape index (κ2) is 20.8. The Hall–Kier alpha value is -1.00. The normalized spacial score (nSPS) is 46.5. The molecule has 55 heavy (non-hydrogen) atoms. The van der Waals surface area contributed by atoms with Crippen LogP contribution in [0.15, 0.2) is 0 Å². The van der Waals surface area contributed by atoms with Gasteiger partial charge in [0.2, 0.25) is 0 Å². The average molecular weight is 815 g/mol. The maximum absolute atomic E-state index is 11.1. The van der Waals surface area contributed by atoms with Gasteiger partial charge in [0, 0.05) is 0 Å². The fourth-order valence-corrected chi connectivity index (χ4v) is 6.43. The van der Waals surface area contributed by atoms with E-state index in [1.54, 1.807) is 0 Å². The van der Waals surface area contributed by atoms with Gasteiger partial charge in [-0.25, -0.2) is 9.78 Å². The predicted molar refractivity (Wildman–Crippen MR) is 167 cm³/mol. The lowest BCUT2D eigenvalue weighted by molar-refractivity contribution is -0.427. The van der Waals surface area contributed by atoms with Crippen LogP contribution in [0.25, 0.3) is 0 Å². The second-order valence-corrected chi connectivity index (χ2v) is 13.6. The van der Waals surface area contributed by atoms with Crippen molar-refractivity contribution in [1.29, 1.82) is 0 Å². The van der Waals surface area contributed by atoms with Crippen molar-refractivity contribution in [2.75, 3.05) is 39.6 Å². The highest BCUT2D eigenvalue weighted by Crippen LogP contribution is 2.34. The Bertz CT molecular complexity index is 1120. The Morgan fingerprint density at radius 2 is 0.891 bits per heavy atom. The van der Waals surface area contributed by atoms with Crippen LogP contribution in [-0.4, -0.2) is 262 Å². The maximum Gasteiger partial charge on any atom is 0.187 e. The SMILES string of the molecule is CC(O)C(O)C(O)C(CO)OOC1C(CO)OC(OC2C(CO)OC(OC3C(CO)OC(OC4C(CO)OCC(O)C4O)C(O)C3O)C(O)C2O)C(O)C1O. The van der Waals surface area contributed by atoms with Crippen LogP contribution in [-0.2, 0) is 42.9 Å². The van der Waals surface area contributed by atoms with Crippen LogP contribution in [0.2, 0.25) is 0 Å². The van der Waals surface area contributed by atoms with Gasteiger partial charge in [0.25, 0.3) is 0 Å². The largest absolute Gasteiger partial charge is 0.394 e. The number of ether oxygens (including phenoxy) is 7. The molecule has 324 valence electrons. The van der Waals surface area contributed by atoms with E-state index >= 15 is 0 Å². The van der Waals surface area contributed by atoms with Crippen LogP contribution in [0, 0.1) is 0 Å². The third-order valence-corrected chi connectivity index (χ3v) is 9.79. The summed E-state index contributed by atoms with van der Waals surface area (Å²) in [5, 5.41) is 165. The molecule has 0 aromatic carbocycles. The van der Waals surface area contributed by atoms with Crippen molar-refractivity contribution in [2.45, 2.75) is 148 Å². The maximum atomic E-state index is 11.1. The zero-order valence-corrected chi connectivity index (χ0v) is 29.4. The van der Waals surface area contributed by atoms with E-state index in [1.807, 2.05) is 0 Å². The van der Waals surface area contributed by atoms with E-state index in [0.717, 1.165) is 6.92 Å². The van der Waals surface area contributed by atoms with Gasteiger partial charge in [-0.05, 0) is 6.92 Å². The monoisotopic (exact) mass is 814 g/mol. The molecule has 0 aliphatic carbocycles. The fraction of sp³-hybridized carbons (Fsp3) is 1.00. The number of aliphatic hydroxyl groups excluding tert-OH is 16. The lowest BCUT2D eigenvalue weighted by Gasteiger charge is -2.48. The highest BCUT2D eigenvalue weighted by molar-refractivity contribution is 4.97. The summed E-state index contributed by atoms with van der Waals surface area (Å²) in [5.41, 5.74) is 0. The molecule has 4 aliphatic heterocycles. The van der Waals surface area contributed by atoms with Gasteiger partial charge >= 0.3 is 0 Å². The number of rotatable bonds is 17. The van der Waals surface area contributed by atoms with E-state index < -0.39 is 174 Å². The fourth-order valence-electron chi connectivity index (χ4n) is 6.43. The Morgan fingerprint density at radius 1 is 0.509 bits per heavy atom. The molecule has 16 N–H and O–H groups in total. The van der Waals surface area contributed by atoms with Crippen molar-refractivity contribution < 1.29 is 125 Å². The topological polar surface area (TPSA) is 407 Å². The van der Waals surface area contributed by atoms with Crippen LogP contribution in [0.3, 0.4) is 0 Å². The highest BCUT2D eigenvalue weighted by Gasteiger charge is 2.55. The summed E-state index contributed by atoms with van der Waals surface area (Å²) in [6.45, 7) is -3.61. The molecule has 25 heteroatoms. The molecule has 23 atom stereocenters. The lowest BCUT2D eigenvalue weighted by Crippen LogP contribution is -2.67. The number of hydrogen-bond acceptors (Lipinski definition) is 25. The molecule has 4 heterocycles. The third kappa shape index (κ3) is 10.4. The molecular formula is C30H54O25. The number of hydrogen-bond donors (Lipinski definition) is 16. The van der Waals surface area contributed by atoms with E-state index in [-0.39, 0.29) is 6.61 Å². The van der Waals surface area contributed by atoms with Crippen molar-refractivity contribution >= 4 is 0 Å². The molecular weight excluding hydrogens is 760 g/mol. The molecule has 0 saturated carbocycles. The van der Waals surface area contributed by atoms with E-state index in [9.17, 15) is 81.7 Å². The Morgan fingerprint density at radius 3 is 1.27 bits per heavy atom. The standard InChI is InChI=1S/C30H54O25/c1-8(36)15(38)17(40)10(2-31)54-55-27-14(6-35)50-30(23(46)20(27)43)53-26-13(5-34)49-29(22(45)19(26)42)52-25-12(4-33)48-28(21(44)18(25)41)51-24-11(3-32)47-7-9(37)16(24)39/h8-46H,2-7H2,1H3. The van der Waals surface area contributed by atoms with Gasteiger partial charge in [-0.1, -0.05) is 0 Å². The minimum atomic E-state index is -2.09. The van der Waals surface area contributed by atoms with Crippen molar-refractivity contribution in [3.05, 3.63) is 0 Å². The highest BCUT2D eigenvalue weighted by atomic mass is 17.2. The quantitative estimate of drug-likeness (QED) is 0.0479. The van der Waals surface area contributed by atoms with E-state index in [2.05, 4.69) is 0 Å². The van der Waals surface area contributed by atoms with E-state index in [1.165, 1.54) is 0 Å². The van der Waals surface area contributed by atoms with Crippen LogP contribution in [0.1, 0.15) is 6.92 Å². The van der Waals surface area contributed by atoms with Gasteiger partial charge in [-0.3, -0.25) is 0 Å².